The second-order valence-corrected chi connectivity index (χ2v) is 4.80. The van der Waals surface area contributed by atoms with E-state index in [1.165, 1.54) is 0 Å². The SMILES string of the molecule is CCCCC(C)(CC)C(=O)O.Cl.OCc1ccccn1. The zero-order valence-corrected chi connectivity index (χ0v) is 13.3. The molecule has 0 saturated heterocycles. The van der Waals surface area contributed by atoms with E-state index < -0.39 is 11.4 Å². The average molecular weight is 304 g/mol. The molecule has 0 fully saturated rings. The van der Waals surface area contributed by atoms with Gasteiger partial charge >= 0.3 is 5.97 Å². The summed E-state index contributed by atoms with van der Waals surface area (Å²) < 4.78 is 0. The van der Waals surface area contributed by atoms with Gasteiger partial charge in [-0.25, -0.2) is 0 Å². The lowest BCUT2D eigenvalue weighted by molar-refractivity contribution is -0.148. The molecule has 0 aliphatic carbocycles. The topological polar surface area (TPSA) is 70.4 Å². The average Bonchev–Trinajstić information content (AvgIpc) is 2.46. The maximum Gasteiger partial charge on any atom is 0.309 e. The van der Waals surface area contributed by atoms with Crippen LogP contribution in [0.3, 0.4) is 0 Å². The van der Waals surface area contributed by atoms with Crippen molar-refractivity contribution in [3.05, 3.63) is 30.1 Å². The molecule has 0 amide bonds. The Morgan fingerprint density at radius 2 is 2.00 bits per heavy atom. The monoisotopic (exact) mass is 303 g/mol. The van der Waals surface area contributed by atoms with Gasteiger partial charge in [-0.2, -0.15) is 0 Å². The number of carbonyl (C=O) groups is 1. The molecule has 1 aromatic heterocycles. The smallest absolute Gasteiger partial charge is 0.309 e. The first kappa shape index (κ1) is 21.2. The largest absolute Gasteiger partial charge is 0.481 e. The van der Waals surface area contributed by atoms with Crippen LogP contribution in [0.1, 0.15) is 52.1 Å². The summed E-state index contributed by atoms with van der Waals surface area (Å²) in [6, 6.07) is 5.44. The normalized spacial score (nSPS) is 12.4. The van der Waals surface area contributed by atoms with Crippen LogP contribution >= 0.6 is 12.4 Å². The molecule has 4 nitrogen and oxygen atoms in total. The van der Waals surface area contributed by atoms with Gasteiger partial charge in [0.05, 0.1) is 17.7 Å². The van der Waals surface area contributed by atoms with Gasteiger partial charge in [0, 0.05) is 6.20 Å². The Morgan fingerprint density at radius 3 is 2.30 bits per heavy atom. The number of hydrogen-bond acceptors (Lipinski definition) is 3. The highest BCUT2D eigenvalue weighted by Gasteiger charge is 2.29. The molecular formula is C15H26ClNO3. The van der Waals surface area contributed by atoms with Crippen LogP contribution in [0.15, 0.2) is 24.4 Å². The van der Waals surface area contributed by atoms with Gasteiger partial charge in [0.1, 0.15) is 0 Å². The minimum atomic E-state index is -0.659. The van der Waals surface area contributed by atoms with Crippen LogP contribution in [0.5, 0.6) is 0 Å². The Morgan fingerprint density at radius 1 is 1.35 bits per heavy atom. The van der Waals surface area contributed by atoms with Gasteiger partial charge in [-0.05, 0) is 31.9 Å². The molecule has 1 rings (SSSR count). The van der Waals surface area contributed by atoms with Crippen molar-refractivity contribution in [2.45, 2.75) is 53.1 Å². The predicted octanol–water partition coefficient (Wildman–Crippen LogP) is 3.67. The summed E-state index contributed by atoms with van der Waals surface area (Å²) in [6.45, 7) is 5.87. The molecule has 0 bridgehead atoms. The Balaban J connectivity index is 0. The molecule has 0 aromatic carbocycles. The lowest BCUT2D eigenvalue weighted by Crippen LogP contribution is -2.26. The number of aliphatic hydroxyl groups excluding tert-OH is 1. The maximum absolute atomic E-state index is 10.8. The molecule has 1 heterocycles. The van der Waals surface area contributed by atoms with Crippen LogP contribution in [-0.4, -0.2) is 21.2 Å². The number of unbranched alkanes of at least 4 members (excludes halogenated alkanes) is 1. The second-order valence-electron chi connectivity index (χ2n) is 4.80. The zero-order chi connectivity index (χ0) is 14.7. The van der Waals surface area contributed by atoms with E-state index in [9.17, 15) is 4.79 Å². The van der Waals surface area contributed by atoms with E-state index in [4.69, 9.17) is 10.2 Å². The van der Waals surface area contributed by atoms with Crippen LogP contribution < -0.4 is 0 Å². The predicted molar refractivity (Wildman–Crippen MR) is 83.0 cm³/mol. The standard InChI is InChI=1S/C9H18O2.C6H7NO.ClH/c1-4-6-7-9(3,5-2)8(10)11;8-5-6-3-1-2-4-7-6;/h4-7H2,1-3H3,(H,10,11);1-4,8H,5H2;1H. The number of nitrogens with zero attached hydrogens (tertiary/aromatic N) is 1. The number of halogens is 1. The van der Waals surface area contributed by atoms with Crippen molar-refractivity contribution in [1.82, 2.24) is 4.98 Å². The van der Waals surface area contributed by atoms with Crippen molar-refractivity contribution in [2.75, 3.05) is 0 Å². The van der Waals surface area contributed by atoms with Crippen LogP contribution in [0.2, 0.25) is 0 Å². The zero-order valence-electron chi connectivity index (χ0n) is 12.5. The number of hydrogen-bond donors (Lipinski definition) is 2. The van der Waals surface area contributed by atoms with Crippen molar-refractivity contribution in [1.29, 1.82) is 0 Å². The van der Waals surface area contributed by atoms with Crippen LogP contribution in [-0.2, 0) is 11.4 Å². The van der Waals surface area contributed by atoms with Gasteiger partial charge in [0.2, 0.25) is 0 Å². The van der Waals surface area contributed by atoms with E-state index in [1.54, 1.807) is 12.3 Å². The summed E-state index contributed by atoms with van der Waals surface area (Å²) in [7, 11) is 0. The summed E-state index contributed by atoms with van der Waals surface area (Å²) in [5, 5.41) is 17.3. The summed E-state index contributed by atoms with van der Waals surface area (Å²) in [5.41, 5.74) is 0.225. The highest BCUT2D eigenvalue weighted by atomic mass is 35.5. The lowest BCUT2D eigenvalue weighted by atomic mass is 9.82. The molecule has 1 aromatic rings. The molecule has 0 aliphatic heterocycles. The first-order chi connectivity index (χ1) is 9.00. The molecule has 0 radical (unpaired) electrons. The molecule has 20 heavy (non-hydrogen) atoms. The highest BCUT2D eigenvalue weighted by molar-refractivity contribution is 5.85. The number of carboxylic acids is 1. The number of pyridine rings is 1. The Kier molecular flexibility index (Phi) is 12.4. The fourth-order valence-electron chi connectivity index (χ4n) is 1.49. The van der Waals surface area contributed by atoms with E-state index in [2.05, 4.69) is 11.9 Å². The van der Waals surface area contributed by atoms with E-state index in [1.807, 2.05) is 26.0 Å². The van der Waals surface area contributed by atoms with Gasteiger partial charge in [0.25, 0.3) is 0 Å². The van der Waals surface area contributed by atoms with E-state index >= 15 is 0 Å². The first-order valence-electron chi connectivity index (χ1n) is 6.74. The number of rotatable bonds is 6. The molecule has 5 heteroatoms. The van der Waals surface area contributed by atoms with Crippen molar-refractivity contribution in [3.63, 3.8) is 0 Å². The van der Waals surface area contributed by atoms with E-state index in [0.717, 1.165) is 25.7 Å². The summed E-state index contributed by atoms with van der Waals surface area (Å²) >= 11 is 0. The second kappa shape index (κ2) is 11.7. The molecule has 0 saturated carbocycles. The molecule has 1 unspecified atom stereocenters. The Bertz CT molecular complexity index is 359. The van der Waals surface area contributed by atoms with Gasteiger partial charge < -0.3 is 10.2 Å². The van der Waals surface area contributed by atoms with Crippen molar-refractivity contribution >= 4 is 18.4 Å². The minimum Gasteiger partial charge on any atom is -0.481 e. The molecule has 0 aliphatic rings. The van der Waals surface area contributed by atoms with Crippen LogP contribution in [0.25, 0.3) is 0 Å². The van der Waals surface area contributed by atoms with Gasteiger partial charge in [-0.15, -0.1) is 12.4 Å². The molecule has 116 valence electrons. The molecule has 1 atom stereocenters. The summed E-state index contributed by atoms with van der Waals surface area (Å²) in [6.07, 6.45) is 5.27. The number of aromatic nitrogens is 1. The lowest BCUT2D eigenvalue weighted by Gasteiger charge is -2.22. The fourth-order valence-corrected chi connectivity index (χ4v) is 1.49. The van der Waals surface area contributed by atoms with Crippen molar-refractivity contribution in [3.8, 4) is 0 Å². The minimum absolute atomic E-state index is 0. The van der Waals surface area contributed by atoms with E-state index in [-0.39, 0.29) is 19.0 Å². The number of aliphatic carboxylic acids is 1. The maximum atomic E-state index is 10.8. The highest BCUT2D eigenvalue weighted by Crippen LogP contribution is 2.27. The van der Waals surface area contributed by atoms with Crippen LogP contribution in [0.4, 0.5) is 0 Å². The van der Waals surface area contributed by atoms with Gasteiger partial charge in [0.15, 0.2) is 0 Å². The quantitative estimate of drug-likeness (QED) is 0.841. The number of aliphatic hydroxyl groups is 1. The summed E-state index contributed by atoms with van der Waals surface area (Å²) in [5.74, 6) is -0.659. The van der Waals surface area contributed by atoms with Gasteiger partial charge in [-0.3, -0.25) is 9.78 Å². The fraction of sp³-hybridized carbons (Fsp3) is 0.600. The van der Waals surface area contributed by atoms with Gasteiger partial charge in [-0.1, -0.05) is 32.8 Å². The van der Waals surface area contributed by atoms with Crippen molar-refractivity contribution < 1.29 is 15.0 Å². The third kappa shape index (κ3) is 8.12. The van der Waals surface area contributed by atoms with Crippen molar-refractivity contribution in [2.24, 2.45) is 5.41 Å². The number of carboxylic acid groups (broad SMARTS) is 1. The Hall–Kier alpha value is -1.13. The Labute approximate surface area is 127 Å². The third-order valence-corrected chi connectivity index (χ3v) is 3.27. The van der Waals surface area contributed by atoms with E-state index in [0.29, 0.717) is 5.69 Å². The first-order valence-corrected chi connectivity index (χ1v) is 6.74. The summed E-state index contributed by atoms with van der Waals surface area (Å²) in [4.78, 5) is 14.6. The van der Waals surface area contributed by atoms with Crippen LogP contribution in [0, 0.1) is 5.41 Å². The molecule has 2 N–H and O–H groups in total. The molecular weight excluding hydrogens is 278 g/mol. The third-order valence-electron chi connectivity index (χ3n) is 3.27. The molecule has 0 spiro atoms.